The van der Waals surface area contributed by atoms with Crippen LogP contribution in [0.3, 0.4) is 0 Å². The van der Waals surface area contributed by atoms with E-state index >= 15 is 0 Å². The molecule has 3 aromatic rings. The fraction of sp³-hybridized carbons (Fsp3) is 0.167. The quantitative estimate of drug-likeness (QED) is 0.159. The number of carboxylic acid groups (broad SMARTS) is 1. The Morgan fingerprint density at radius 1 is 0.906 bits per heavy atom. The molecule has 0 unspecified atom stereocenters. The number of phenols is 1. The van der Waals surface area contributed by atoms with E-state index in [4.69, 9.17) is 4.74 Å². The summed E-state index contributed by atoms with van der Waals surface area (Å²) in [4.78, 5) is 25.7. The van der Waals surface area contributed by atoms with Gasteiger partial charge in [-0.05, 0) is 39.9 Å². The normalized spacial score (nSPS) is 14.5. The zero-order valence-electron chi connectivity index (χ0n) is 16.7. The van der Waals surface area contributed by atoms with Crippen LogP contribution in [0, 0.1) is 0 Å². The summed E-state index contributed by atoms with van der Waals surface area (Å²) in [5.41, 5.74) is 2.99. The van der Waals surface area contributed by atoms with Crippen LogP contribution in [-0.4, -0.2) is 35.6 Å². The zero-order chi connectivity index (χ0) is 22.9. The molecule has 164 valence electrons. The first-order valence-corrected chi connectivity index (χ1v) is 11.8. The topological polar surface area (TPSA) is 87.1 Å². The molecule has 1 aliphatic carbocycles. The molecule has 0 aromatic heterocycles. The number of fused-ring (bicyclic) bond motifs is 3. The van der Waals surface area contributed by atoms with Crippen LogP contribution >= 0.6 is 45.7 Å². The predicted octanol–water partition coefficient (Wildman–Crippen LogP) is 5.12. The van der Waals surface area contributed by atoms with Gasteiger partial charge in [-0.2, -0.15) is 1.33 Å². The first-order chi connectivity index (χ1) is 15.3. The molecule has 0 radical (unpaired) electrons. The lowest BCUT2D eigenvalue weighted by Gasteiger charge is -2.31. The van der Waals surface area contributed by atoms with Crippen LogP contribution in [0.25, 0.3) is 11.1 Å². The first-order valence-electron chi connectivity index (χ1n) is 9.83. The van der Waals surface area contributed by atoms with Gasteiger partial charge in [0.05, 0.1) is 0 Å². The van der Waals surface area contributed by atoms with Gasteiger partial charge < -0.3 is 14.9 Å². The Hall–Kier alpha value is -2.18. The van der Waals surface area contributed by atoms with Crippen LogP contribution in [-0.2, 0) is 20.7 Å². The van der Waals surface area contributed by atoms with Gasteiger partial charge >= 0.3 is 11.9 Å². The SMILES string of the molecule is O=C(O)[C@@](Cc1ccc(O)cc1)(C(=O)OCC1c2ccccc2-c2ccccc21)N(I)I. The van der Waals surface area contributed by atoms with Crippen LogP contribution in [0.4, 0.5) is 0 Å². The second-order valence-corrected chi connectivity index (χ2v) is 11.3. The Balaban J connectivity index is 1.62. The molecule has 0 spiro atoms. The van der Waals surface area contributed by atoms with E-state index in [1.54, 1.807) is 57.9 Å². The van der Waals surface area contributed by atoms with E-state index in [9.17, 15) is 19.8 Å². The number of carbonyl (C=O) groups is 2. The highest BCUT2D eigenvalue weighted by Gasteiger charge is 2.52. The van der Waals surface area contributed by atoms with Gasteiger partial charge in [-0.3, -0.25) is 0 Å². The molecule has 1 atom stereocenters. The number of ether oxygens (including phenoxy) is 1. The van der Waals surface area contributed by atoms with Crippen molar-refractivity contribution >= 4 is 57.7 Å². The van der Waals surface area contributed by atoms with Gasteiger partial charge in [0, 0.05) is 58.1 Å². The van der Waals surface area contributed by atoms with Crippen molar-refractivity contribution in [3.8, 4) is 16.9 Å². The average molecular weight is 655 g/mol. The number of hydrogen-bond acceptors (Lipinski definition) is 5. The third kappa shape index (κ3) is 4.11. The van der Waals surface area contributed by atoms with Crippen molar-refractivity contribution in [1.29, 1.82) is 0 Å². The molecule has 6 nitrogen and oxygen atoms in total. The van der Waals surface area contributed by atoms with Gasteiger partial charge in [0.2, 0.25) is 5.54 Å². The minimum absolute atomic E-state index is 0.0403. The summed E-state index contributed by atoms with van der Waals surface area (Å²) in [7, 11) is 0. The third-order valence-electron chi connectivity index (χ3n) is 5.72. The summed E-state index contributed by atoms with van der Waals surface area (Å²) in [5.74, 6) is -2.23. The standard InChI is InChI=1S/C24H19I2NO5/c25-27(26)24(22(29)30,13-15-9-11-16(28)12-10-15)23(31)32-14-21-19-7-3-1-5-17(19)18-6-2-4-8-20(18)21/h1-12,21,28H,13-14H2,(H,29,30)/t24-/m0/s1. The minimum atomic E-state index is -1.92. The zero-order valence-corrected chi connectivity index (χ0v) is 21.1. The van der Waals surface area contributed by atoms with Crippen molar-refractivity contribution in [3.05, 3.63) is 89.5 Å². The molecule has 1 aliphatic rings. The van der Waals surface area contributed by atoms with Crippen molar-refractivity contribution in [1.82, 2.24) is 1.33 Å². The molecule has 0 bridgehead atoms. The van der Waals surface area contributed by atoms with Crippen LogP contribution in [0.2, 0.25) is 0 Å². The lowest BCUT2D eigenvalue weighted by Crippen LogP contribution is -2.56. The lowest BCUT2D eigenvalue weighted by molar-refractivity contribution is -0.164. The molecule has 0 heterocycles. The summed E-state index contributed by atoms with van der Waals surface area (Å²) in [6.45, 7) is 0.0403. The highest BCUT2D eigenvalue weighted by atomic mass is 127. The Morgan fingerprint density at radius 2 is 1.44 bits per heavy atom. The van der Waals surface area contributed by atoms with Gasteiger partial charge in [0.1, 0.15) is 12.4 Å². The molecule has 0 amide bonds. The first kappa shape index (κ1) is 23.0. The Bertz CT molecular complexity index is 1120. The van der Waals surface area contributed by atoms with Crippen molar-refractivity contribution < 1.29 is 24.5 Å². The Kier molecular flexibility index (Phi) is 6.72. The molecule has 8 heteroatoms. The number of aliphatic carboxylic acids is 1. The molecule has 4 rings (SSSR count). The van der Waals surface area contributed by atoms with E-state index in [1.165, 1.54) is 13.5 Å². The maximum atomic E-state index is 13.3. The van der Waals surface area contributed by atoms with Crippen LogP contribution in [0.5, 0.6) is 5.75 Å². The van der Waals surface area contributed by atoms with Gasteiger partial charge in [-0.1, -0.05) is 60.7 Å². The Labute approximate surface area is 213 Å². The lowest BCUT2D eigenvalue weighted by atomic mass is 9.91. The smallest absolute Gasteiger partial charge is 0.340 e. The van der Waals surface area contributed by atoms with Crippen molar-refractivity contribution in [3.63, 3.8) is 0 Å². The Morgan fingerprint density at radius 3 is 1.94 bits per heavy atom. The second kappa shape index (κ2) is 9.36. The largest absolute Gasteiger partial charge is 0.508 e. The van der Waals surface area contributed by atoms with Gasteiger partial charge in [-0.25, -0.2) is 9.59 Å². The number of carboxylic acids is 1. The fourth-order valence-corrected chi connectivity index (χ4v) is 5.21. The highest BCUT2D eigenvalue weighted by Crippen LogP contribution is 2.44. The number of aromatic hydroxyl groups is 1. The summed E-state index contributed by atoms with van der Waals surface area (Å²) in [6, 6.07) is 22.1. The summed E-state index contributed by atoms with van der Waals surface area (Å²) in [6.07, 6.45) is -0.106. The summed E-state index contributed by atoms with van der Waals surface area (Å²) >= 11 is 3.60. The number of rotatable bonds is 7. The van der Waals surface area contributed by atoms with E-state index in [-0.39, 0.29) is 24.7 Å². The highest BCUT2D eigenvalue weighted by molar-refractivity contribution is 14.2. The van der Waals surface area contributed by atoms with Crippen molar-refractivity contribution in [2.24, 2.45) is 0 Å². The maximum absolute atomic E-state index is 13.3. The number of nitrogens with zero attached hydrogens (tertiary/aromatic N) is 1. The van der Waals surface area contributed by atoms with Crippen molar-refractivity contribution in [2.75, 3.05) is 6.61 Å². The predicted molar refractivity (Wildman–Crippen MR) is 137 cm³/mol. The van der Waals surface area contributed by atoms with Gasteiger partial charge in [0.25, 0.3) is 0 Å². The molecule has 0 fully saturated rings. The monoisotopic (exact) mass is 655 g/mol. The minimum Gasteiger partial charge on any atom is -0.508 e. The summed E-state index contributed by atoms with van der Waals surface area (Å²) in [5, 5.41) is 19.6. The second-order valence-electron chi connectivity index (χ2n) is 7.57. The molecule has 2 N–H and O–H groups in total. The maximum Gasteiger partial charge on any atom is 0.340 e. The van der Waals surface area contributed by atoms with Crippen LogP contribution in [0.1, 0.15) is 22.6 Å². The third-order valence-corrected chi connectivity index (χ3v) is 7.37. The van der Waals surface area contributed by atoms with Gasteiger partial charge in [0.15, 0.2) is 0 Å². The van der Waals surface area contributed by atoms with Crippen LogP contribution in [0.15, 0.2) is 72.8 Å². The number of esters is 1. The summed E-state index contributed by atoms with van der Waals surface area (Å²) < 4.78 is 7.02. The van der Waals surface area contributed by atoms with Gasteiger partial charge in [-0.15, -0.1) is 0 Å². The fourth-order valence-electron chi connectivity index (χ4n) is 4.06. The van der Waals surface area contributed by atoms with E-state index in [0.29, 0.717) is 5.56 Å². The number of halogens is 2. The molecule has 0 saturated heterocycles. The molecular formula is C24H19I2NO5. The van der Waals surface area contributed by atoms with E-state index in [0.717, 1.165) is 22.3 Å². The molecule has 3 aromatic carbocycles. The number of phenolic OH excluding ortho intramolecular Hbond substituents is 1. The number of hydrogen-bond donors (Lipinski definition) is 2. The van der Waals surface area contributed by atoms with E-state index in [2.05, 4.69) is 0 Å². The van der Waals surface area contributed by atoms with E-state index < -0.39 is 17.5 Å². The number of carbonyl (C=O) groups excluding carboxylic acids is 1. The van der Waals surface area contributed by atoms with Crippen molar-refractivity contribution in [2.45, 2.75) is 17.9 Å². The van der Waals surface area contributed by atoms with Crippen LogP contribution < -0.4 is 0 Å². The molecule has 0 aliphatic heterocycles. The molecule has 32 heavy (non-hydrogen) atoms. The molecular weight excluding hydrogens is 636 g/mol. The number of benzene rings is 3. The molecule has 0 saturated carbocycles. The van der Waals surface area contributed by atoms with E-state index in [1.807, 2.05) is 48.5 Å². The average Bonchev–Trinajstić information content (AvgIpc) is 3.10.